The van der Waals surface area contributed by atoms with Gasteiger partial charge >= 0.3 is 0 Å². The first-order valence-electron chi connectivity index (χ1n) is 9.14. The highest BCUT2D eigenvalue weighted by atomic mass is 16.5. The van der Waals surface area contributed by atoms with Crippen molar-refractivity contribution in [3.63, 3.8) is 0 Å². The molecule has 0 aromatic heterocycles. The number of carbonyl (C=O) groups excluding carboxylic acids is 2. The van der Waals surface area contributed by atoms with Gasteiger partial charge in [0.25, 0.3) is 11.8 Å². The molecule has 2 amide bonds. The lowest BCUT2D eigenvalue weighted by atomic mass is 10.00. The zero-order chi connectivity index (χ0) is 18.8. The van der Waals surface area contributed by atoms with Crippen LogP contribution in [0.3, 0.4) is 0 Å². The quantitative estimate of drug-likeness (QED) is 0.753. The Kier molecular flexibility index (Phi) is 5.32. The van der Waals surface area contributed by atoms with Crippen LogP contribution < -0.4 is 4.74 Å². The highest BCUT2D eigenvalue weighted by Gasteiger charge is 2.41. The van der Waals surface area contributed by atoms with Gasteiger partial charge in [0.05, 0.1) is 12.7 Å². The smallest absolute Gasteiger partial charge is 0.277 e. The molecule has 1 fully saturated rings. The van der Waals surface area contributed by atoms with Gasteiger partial charge in [-0.15, -0.1) is 0 Å². The third-order valence-electron chi connectivity index (χ3n) is 5.43. The number of rotatable bonds is 5. The van der Waals surface area contributed by atoms with Crippen molar-refractivity contribution in [1.29, 1.82) is 0 Å². The summed E-state index contributed by atoms with van der Waals surface area (Å²) < 4.78 is 5.21. The zero-order valence-electron chi connectivity index (χ0n) is 16.0. The Balaban J connectivity index is 2.00. The van der Waals surface area contributed by atoms with E-state index in [1.54, 1.807) is 7.11 Å². The number of likely N-dealkylation sites (N-methyl/N-ethyl adjacent to an activating group) is 2. The zero-order valence-corrected chi connectivity index (χ0v) is 16.0. The van der Waals surface area contributed by atoms with Gasteiger partial charge < -0.3 is 14.5 Å². The molecule has 0 radical (unpaired) electrons. The molecular weight excluding hydrogens is 330 g/mol. The SMILES string of the molecule is CCN1C(=O)C(c2ccc(OC)cc2)=C(N(C)C2CCN(C)CC2)C1=O. The predicted molar refractivity (Wildman–Crippen MR) is 101 cm³/mol. The fourth-order valence-electron chi connectivity index (χ4n) is 3.76. The third-order valence-corrected chi connectivity index (χ3v) is 5.43. The topological polar surface area (TPSA) is 53.1 Å². The summed E-state index contributed by atoms with van der Waals surface area (Å²) in [5.41, 5.74) is 1.78. The van der Waals surface area contributed by atoms with Gasteiger partial charge in [-0.2, -0.15) is 0 Å². The van der Waals surface area contributed by atoms with Gasteiger partial charge in [0.15, 0.2) is 0 Å². The first-order chi connectivity index (χ1) is 12.5. The number of methoxy groups -OCH3 is 1. The van der Waals surface area contributed by atoms with Crippen molar-refractivity contribution >= 4 is 17.4 Å². The molecule has 0 saturated carbocycles. The van der Waals surface area contributed by atoms with E-state index in [0.717, 1.165) is 37.2 Å². The van der Waals surface area contributed by atoms with Crippen molar-refractivity contribution in [3.05, 3.63) is 35.5 Å². The average Bonchev–Trinajstić information content (AvgIpc) is 2.91. The fourth-order valence-corrected chi connectivity index (χ4v) is 3.76. The Morgan fingerprint density at radius 1 is 1.12 bits per heavy atom. The Morgan fingerprint density at radius 2 is 1.73 bits per heavy atom. The van der Waals surface area contributed by atoms with Crippen molar-refractivity contribution in [2.45, 2.75) is 25.8 Å². The molecule has 0 atom stereocenters. The van der Waals surface area contributed by atoms with Crippen LogP contribution in [0.15, 0.2) is 30.0 Å². The monoisotopic (exact) mass is 357 g/mol. The third kappa shape index (κ3) is 3.21. The standard InChI is InChI=1S/C20H27N3O3/c1-5-23-19(24)17(14-6-8-16(26-4)9-7-14)18(20(23)25)22(3)15-10-12-21(2)13-11-15/h6-9,15H,5,10-13H2,1-4H3. The number of ether oxygens (including phenoxy) is 1. The molecule has 2 heterocycles. The van der Waals surface area contributed by atoms with Crippen molar-refractivity contribution in [2.24, 2.45) is 0 Å². The summed E-state index contributed by atoms with van der Waals surface area (Å²) in [7, 11) is 5.66. The van der Waals surface area contributed by atoms with Crippen LogP contribution in [0.2, 0.25) is 0 Å². The number of hydrogen-bond donors (Lipinski definition) is 0. The molecule has 0 spiro atoms. The van der Waals surface area contributed by atoms with Gasteiger partial charge in [-0.05, 0) is 57.6 Å². The molecule has 0 bridgehead atoms. The van der Waals surface area contributed by atoms with Crippen LogP contribution >= 0.6 is 0 Å². The summed E-state index contributed by atoms with van der Waals surface area (Å²) in [4.78, 5) is 31.6. The summed E-state index contributed by atoms with van der Waals surface area (Å²) in [5, 5.41) is 0. The van der Waals surface area contributed by atoms with E-state index >= 15 is 0 Å². The van der Waals surface area contributed by atoms with E-state index in [4.69, 9.17) is 4.74 Å². The minimum atomic E-state index is -0.211. The first kappa shape index (κ1) is 18.5. The van der Waals surface area contributed by atoms with E-state index in [0.29, 0.717) is 17.8 Å². The summed E-state index contributed by atoms with van der Waals surface area (Å²) in [6.07, 6.45) is 1.97. The van der Waals surface area contributed by atoms with Crippen molar-refractivity contribution < 1.29 is 14.3 Å². The van der Waals surface area contributed by atoms with Crippen LogP contribution in [0.5, 0.6) is 5.75 Å². The maximum atomic E-state index is 13.0. The molecule has 0 aliphatic carbocycles. The number of benzene rings is 1. The Bertz CT molecular complexity index is 718. The molecule has 6 heteroatoms. The minimum absolute atomic E-state index is 0.190. The minimum Gasteiger partial charge on any atom is -0.497 e. The van der Waals surface area contributed by atoms with Gasteiger partial charge in [0.2, 0.25) is 0 Å². The molecule has 2 aliphatic rings. The van der Waals surface area contributed by atoms with Gasteiger partial charge in [-0.25, -0.2) is 0 Å². The van der Waals surface area contributed by atoms with Crippen LogP contribution in [0.1, 0.15) is 25.3 Å². The lowest BCUT2D eigenvalue weighted by Crippen LogP contribution is -2.43. The number of likely N-dealkylation sites (tertiary alicyclic amines) is 1. The molecule has 1 aromatic rings. The molecule has 6 nitrogen and oxygen atoms in total. The predicted octanol–water partition coefficient (Wildman–Crippen LogP) is 1.82. The molecule has 1 saturated heterocycles. The van der Waals surface area contributed by atoms with E-state index in [1.807, 2.05) is 43.1 Å². The van der Waals surface area contributed by atoms with Crippen molar-refractivity contribution in [1.82, 2.24) is 14.7 Å². The normalized spacial score (nSPS) is 19.5. The highest BCUT2D eigenvalue weighted by molar-refractivity contribution is 6.35. The molecule has 2 aliphatic heterocycles. The van der Waals surface area contributed by atoms with Crippen LogP contribution in [0.4, 0.5) is 0 Å². The molecule has 1 aromatic carbocycles. The van der Waals surface area contributed by atoms with E-state index in [-0.39, 0.29) is 17.9 Å². The number of hydrogen-bond acceptors (Lipinski definition) is 5. The first-order valence-corrected chi connectivity index (χ1v) is 9.14. The van der Waals surface area contributed by atoms with Gasteiger partial charge in [-0.1, -0.05) is 12.1 Å². The molecule has 0 unspecified atom stereocenters. The number of piperidine rings is 1. The average molecular weight is 357 g/mol. The number of carbonyl (C=O) groups is 2. The van der Waals surface area contributed by atoms with Gasteiger partial charge in [-0.3, -0.25) is 14.5 Å². The number of nitrogens with zero attached hydrogens (tertiary/aromatic N) is 3. The molecular formula is C20H27N3O3. The van der Waals surface area contributed by atoms with Crippen LogP contribution in [-0.4, -0.2) is 73.4 Å². The van der Waals surface area contributed by atoms with E-state index in [9.17, 15) is 9.59 Å². The summed E-state index contributed by atoms with van der Waals surface area (Å²) >= 11 is 0. The summed E-state index contributed by atoms with van der Waals surface area (Å²) in [6, 6.07) is 7.61. The number of imide groups is 1. The Hall–Kier alpha value is -2.34. The van der Waals surface area contributed by atoms with Gasteiger partial charge in [0.1, 0.15) is 11.4 Å². The molecule has 3 rings (SSSR count). The second-order valence-corrected chi connectivity index (χ2v) is 6.95. The maximum absolute atomic E-state index is 13.0. The molecule has 0 N–H and O–H groups in total. The van der Waals surface area contributed by atoms with Crippen LogP contribution in [-0.2, 0) is 9.59 Å². The summed E-state index contributed by atoms with van der Waals surface area (Å²) in [5.74, 6) is 0.325. The van der Waals surface area contributed by atoms with Crippen molar-refractivity contribution in [2.75, 3.05) is 40.8 Å². The Morgan fingerprint density at radius 3 is 2.27 bits per heavy atom. The Labute approximate surface area is 155 Å². The van der Waals surface area contributed by atoms with Crippen LogP contribution in [0.25, 0.3) is 5.57 Å². The number of amides is 2. The second kappa shape index (κ2) is 7.50. The molecule has 140 valence electrons. The van der Waals surface area contributed by atoms with Gasteiger partial charge in [0, 0.05) is 19.6 Å². The van der Waals surface area contributed by atoms with Crippen LogP contribution in [0, 0.1) is 0 Å². The summed E-state index contributed by atoms with van der Waals surface area (Å²) in [6.45, 7) is 4.21. The lowest BCUT2D eigenvalue weighted by molar-refractivity contribution is -0.137. The van der Waals surface area contributed by atoms with E-state index in [1.165, 1.54) is 4.90 Å². The second-order valence-electron chi connectivity index (χ2n) is 6.95. The van der Waals surface area contributed by atoms with Crippen molar-refractivity contribution in [3.8, 4) is 5.75 Å². The largest absolute Gasteiger partial charge is 0.497 e. The fraction of sp³-hybridized carbons (Fsp3) is 0.500. The van der Waals surface area contributed by atoms with E-state index in [2.05, 4.69) is 11.9 Å². The molecule has 26 heavy (non-hydrogen) atoms. The maximum Gasteiger partial charge on any atom is 0.277 e. The highest BCUT2D eigenvalue weighted by Crippen LogP contribution is 2.33. The lowest BCUT2D eigenvalue weighted by Gasteiger charge is -2.36. The van der Waals surface area contributed by atoms with E-state index < -0.39 is 0 Å².